The molecule has 1 saturated heterocycles. The van der Waals surface area contributed by atoms with Crippen molar-refractivity contribution in [1.29, 1.82) is 0 Å². The van der Waals surface area contributed by atoms with Gasteiger partial charge in [0.1, 0.15) is 12.2 Å². The number of hydrogen-bond donors (Lipinski definition) is 3. The lowest BCUT2D eigenvalue weighted by Crippen LogP contribution is -2.38. The molecule has 3 rings (SSSR count). The molecule has 0 radical (unpaired) electrons. The Morgan fingerprint density at radius 1 is 1.18 bits per heavy atom. The summed E-state index contributed by atoms with van der Waals surface area (Å²) in [5.41, 5.74) is 1.79. The highest BCUT2D eigenvalue weighted by atomic mass is 16.5. The molecule has 10 nitrogen and oxygen atoms in total. The lowest BCUT2D eigenvalue weighted by atomic mass is 10.1. The average molecular weight is 453 g/mol. The fraction of sp³-hybridized carbons (Fsp3) is 0.217. The van der Waals surface area contributed by atoms with Crippen LogP contribution in [-0.4, -0.2) is 53.6 Å². The van der Waals surface area contributed by atoms with E-state index in [1.54, 1.807) is 30.3 Å². The summed E-state index contributed by atoms with van der Waals surface area (Å²) in [6, 6.07) is 11.1. The Labute approximate surface area is 189 Å². The van der Waals surface area contributed by atoms with Crippen LogP contribution in [0.25, 0.3) is 6.08 Å². The third-order valence-corrected chi connectivity index (χ3v) is 4.77. The molecular weight excluding hydrogens is 430 g/mol. The number of benzene rings is 2. The van der Waals surface area contributed by atoms with E-state index in [0.717, 1.165) is 10.5 Å². The molecule has 33 heavy (non-hydrogen) atoms. The zero-order chi connectivity index (χ0) is 24.1. The summed E-state index contributed by atoms with van der Waals surface area (Å²) in [6.07, 6.45) is 0.152. The summed E-state index contributed by atoms with van der Waals surface area (Å²) < 4.78 is 10.7. The predicted molar refractivity (Wildman–Crippen MR) is 119 cm³/mol. The van der Waals surface area contributed by atoms with Gasteiger partial charge in [0, 0.05) is 11.3 Å². The summed E-state index contributed by atoms with van der Waals surface area (Å²) in [7, 11) is 1.39. The van der Waals surface area contributed by atoms with Gasteiger partial charge in [-0.25, -0.2) is 14.5 Å². The number of carboxylic acid groups (broad SMARTS) is 1. The lowest BCUT2D eigenvalue weighted by molar-refractivity contribution is -0.144. The van der Waals surface area contributed by atoms with Crippen LogP contribution in [0.5, 0.6) is 11.5 Å². The van der Waals surface area contributed by atoms with Gasteiger partial charge in [0.15, 0.2) is 17.6 Å². The lowest BCUT2D eigenvalue weighted by Gasteiger charge is -2.16. The van der Waals surface area contributed by atoms with Gasteiger partial charge in [0.2, 0.25) is 5.91 Å². The van der Waals surface area contributed by atoms with Crippen molar-refractivity contribution in [1.82, 2.24) is 10.2 Å². The van der Waals surface area contributed by atoms with Crippen molar-refractivity contribution in [3.63, 3.8) is 0 Å². The van der Waals surface area contributed by atoms with Gasteiger partial charge in [-0.15, -0.1) is 0 Å². The molecule has 10 heteroatoms. The van der Waals surface area contributed by atoms with Crippen LogP contribution in [-0.2, 0) is 14.4 Å². The van der Waals surface area contributed by atoms with Crippen molar-refractivity contribution in [2.45, 2.75) is 20.0 Å². The van der Waals surface area contributed by atoms with Crippen molar-refractivity contribution in [2.24, 2.45) is 0 Å². The predicted octanol–water partition coefficient (Wildman–Crippen LogP) is 2.39. The fourth-order valence-corrected chi connectivity index (χ4v) is 3.01. The summed E-state index contributed by atoms with van der Waals surface area (Å²) in [4.78, 5) is 49.4. The highest BCUT2D eigenvalue weighted by molar-refractivity contribution is 6.16. The maximum absolute atomic E-state index is 12.8. The molecular formula is C23H23N3O7. The number of nitrogens with one attached hydrogen (secondary N) is 2. The zero-order valence-corrected chi connectivity index (χ0v) is 18.2. The Hall–Kier alpha value is -4.34. The maximum atomic E-state index is 12.8. The number of nitrogens with zero attached hydrogens (tertiary/aromatic N) is 1. The first kappa shape index (κ1) is 23.3. The Balaban J connectivity index is 1.80. The molecule has 2 aromatic carbocycles. The number of methoxy groups -OCH3 is 1. The van der Waals surface area contributed by atoms with E-state index >= 15 is 0 Å². The number of carbonyl (C=O) groups excluding carboxylic acids is 3. The molecule has 1 aliphatic rings. The molecule has 1 aliphatic heterocycles. The van der Waals surface area contributed by atoms with Gasteiger partial charge >= 0.3 is 12.0 Å². The van der Waals surface area contributed by atoms with Crippen LogP contribution >= 0.6 is 0 Å². The summed E-state index contributed by atoms with van der Waals surface area (Å²) >= 11 is 0. The van der Waals surface area contributed by atoms with Crippen LogP contribution < -0.4 is 20.1 Å². The second-order valence-electron chi connectivity index (χ2n) is 7.27. The van der Waals surface area contributed by atoms with E-state index in [-0.39, 0.29) is 17.2 Å². The third-order valence-electron chi connectivity index (χ3n) is 4.77. The Morgan fingerprint density at radius 3 is 2.52 bits per heavy atom. The number of ether oxygens (including phenoxy) is 2. The first-order valence-electron chi connectivity index (χ1n) is 9.97. The molecule has 0 aliphatic carbocycles. The quantitative estimate of drug-likeness (QED) is 0.413. The minimum absolute atomic E-state index is 0.0933. The first-order valence-corrected chi connectivity index (χ1v) is 9.97. The molecule has 0 saturated carbocycles. The van der Waals surface area contributed by atoms with Crippen molar-refractivity contribution in [2.75, 3.05) is 19.0 Å². The second kappa shape index (κ2) is 9.86. The van der Waals surface area contributed by atoms with Crippen LogP contribution in [0.1, 0.15) is 18.1 Å². The minimum atomic E-state index is -1.19. The Kier molecular flexibility index (Phi) is 6.97. The summed E-state index contributed by atoms with van der Waals surface area (Å²) in [5.74, 6) is -2.08. The van der Waals surface area contributed by atoms with E-state index in [9.17, 15) is 19.2 Å². The fourth-order valence-electron chi connectivity index (χ4n) is 3.01. The standard InChI is InChI=1S/C23H23N3O7/c1-13-7-9-16(10-8-13)24-19(27)12-26-21(28)17(25-23(26)31)11-15-5-4-6-18(32-3)20(15)33-14(2)22(29)30/h4-11,14H,12H2,1-3H3,(H,24,27)(H,25,31)(H,29,30)/b17-11-/t14-/m1/s1. The number of hydrogen-bond acceptors (Lipinski definition) is 6. The molecule has 2 aromatic rings. The number of urea groups is 1. The van der Waals surface area contributed by atoms with E-state index in [1.807, 2.05) is 19.1 Å². The molecule has 4 amide bonds. The summed E-state index contributed by atoms with van der Waals surface area (Å²) in [6.45, 7) is 2.78. The van der Waals surface area contributed by atoms with Gasteiger partial charge in [-0.3, -0.25) is 9.59 Å². The number of amides is 4. The van der Waals surface area contributed by atoms with Crippen LogP contribution in [0.4, 0.5) is 10.5 Å². The zero-order valence-electron chi connectivity index (χ0n) is 18.2. The maximum Gasteiger partial charge on any atom is 0.344 e. The van der Waals surface area contributed by atoms with E-state index in [4.69, 9.17) is 14.6 Å². The van der Waals surface area contributed by atoms with Gasteiger partial charge in [-0.05, 0) is 38.1 Å². The molecule has 1 atom stereocenters. The van der Waals surface area contributed by atoms with Gasteiger partial charge in [0.25, 0.3) is 5.91 Å². The largest absolute Gasteiger partial charge is 0.493 e. The molecule has 172 valence electrons. The Bertz CT molecular complexity index is 1130. The smallest absolute Gasteiger partial charge is 0.344 e. The van der Waals surface area contributed by atoms with E-state index in [0.29, 0.717) is 11.3 Å². The van der Waals surface area contributed by atoms with Gasteiger partial charge in [-0.2, -0.15) is 0 Å². The number of carbonyl (C=O) groups is 4. The molecule has 1 heterocycles. The SMILES string of the molecule is COc1cccc(/C=C2\NC(=O)N(CC(=O)Nc3ccc(C)cc3)C2=O)c1O[C@H](C)C(=O)O. The minimum Gasteiger partial charge on any atom is -0.493 e. The van der Waals surface area contributed by atoms with Gasteiger partial charge < -0.3 is 25.2 Å². The van der Waals surface area contributed by atoms with Crippen molar-refractivity contribution in [3.05, 3.63) is 59.3 Å². The number of para-hydroxylation sites is 1. The number of anilines is 1. The average Bonchev–Trinajstić information content (AvgIpc) is 3.03. The van der Waals surface area contributed by atoms with Crippen LogP contribution in [0.15, 0.2) is 48.2 Å². The van der Waals surface area contributed by atoms with Crippen molar-refractivity contribution >= 4 is 35.6 Å². The summed E-state index contributed by atoms with van der Waals surface area (Å²) in [5, 5.41) is 14.2. The van der Waals surface area contributed by atoms with Crippen LogP contribution in [0, 0.1) is 6.92 Å². The number of rotatable bonds is 8. The number of aliphatic carboxylic acids is 1. The highest BCUT2D eigenvalue weighted by Gasteiger charge is 2.35. The molecule has 0 unspecified atom stereocenters. The second-order valence-corrected chi connectivity index (χ2v) is 7.27. The van der Waals surface area contributed by atoms with Crippen molar-refractivity contribution < 1.29 is 33.8 Å². The molecule has 0 spiro atoms. The topological polar surface area (TPSA) is 134 Å². The Morgan fingerprint density at radius 2 is 1.88 bits per heavy atom. The van der Waals surface area contributed by atoms with Gasteiger partial charge in [0.05, 0.1) is 7.11 Å². The highest BCUT2D eigenvalue weighted by Crippen LogP contribution is 2.34. The van der Waals surface area contributed by atoms with Crippen LogP contribution in [0.2, 0.25) is 0 Å². The number of carboxylic acids is 1. The molecule has 0 bridgehead atoms. The normalized spacial score (nSPS) is 15.2. The molecule has 0 aromatic heterocycles. The van der Waals surface area contributed by atoms with Crippen LogP contribution in [0.3, 0.4) is 0 Å². The van der Waals surface area contributed by atoms with E-state index < -0.39 is 36.5 Å². The van der Waals surface area contributed by atoms with Crippen molar-refractivity contribution in [3.8, 4) is 11.5 Å². The van der Waals surface area contributed by atoms with E-state index in [1.165, 1.54) is 20.1 Å². The number of imide groups is 1. The third kappa shape index (κ3) is 5.48. The monoisotopic (exact) mass is 453 g/mol. The van der Waals surface area contributed by atoms with Gasteiger partial charge in [-0.1, -0.05) is 29.8 Å². The molecule has 1 fully saturated rings. The molecule has 3 N–H and O–H groups in total. The number of aryl methyl sites for hydroxylation is 1. The first-order chi connectivity index (χ1) is 15.7. The van der Waals surface area contributed by atoms with E-state index in [2.05, 4.69) is 10.6 Å².